The number of hydrogen-bond donors (Lipinski definition) is 0. The van der Waals surface area contributed by atoms with Crippen LogP contribution in [-0.2, 0) is 23.2 Å². The minimum absolute atomic E-state index is 0.264. The van der Waals surface area contributed by atoms with Crippen molar-refractivity contribution in [1.29, 1.82) is 0 Å². The minimum Gasteiger partial charge on any atom is -0.383 e. The number of carbonyl (C=O) groups excluding carboxylic acids is 1. The molecule has 0 atom stereocenters. The van der Waals surface area contributed by atoms with Crippen LogP contribution in [0.3, 0.4) is 0 Å². The second-order valence-corrected chi connectivity index (χ2v) is 7.19. The van der Waals surface area contributed by atoms with E-state index < -0.39 is 5.54 Å². The monoisotopic (exact) mass is 336 g/mol. The van der Waals surface area contributed by atoms with Gasteiger partial charge in [0.25, 0.3) is 5.56 Å². The lowest BCUT2D eigenvalue weighted by Gasteiger charge is -2.16. The molecule has 0 bridgehead atoms. The topological polar surface area (TPSA) is 70.3 Å². The zero-order valence-corrected chi connectivity index (χ0v) is 14.4. The van der Waals surface area contributed by atoms with Gasteiger partial charge in [-0.1, -0.05) is 6.92 Å². The SMILES string of the molecule is CCc1c(C=O)sc2c1c(=O)n(C1(C)CC1)c(=O)n2CCOC. The van der Waals surface area contributed by atoms with Crippen LogP contribution in [0.2, 0.25) is 0 Å². The molecule has 3 rings (SSSR count). The number of thiophene rings is 1. The summed E-state index contributed by atoms with van der Waals surface area (Å²) < 4.78 is 8.06. The van der Waals surface area contributed by atoms with Crippen molar-refractivity contribution in [3.63, 3.8) is 0 Å². The van der Waals surface area contributed by atoms with Crippen LogP contribution >= 0.6 is 11.3 Å². The van der Waals surface area contributed by atoms with Crippen LogP contribution in [0.1, 0.15) is 41.9 Å². The van der Waals surface area contributed by atoms with Crippen molar-refractivity contribution < 1.29 is 9.53 Å². The molecular formula is C16H20N2O4S. The summed E-state index contributed by atoms with van der Waals surface area (Å²) in [7, 11) is 1.57. The maximum Gasteiger partial charge on any atom is 0.332 e. The Bertz CT molecular complexity index is 886. The summed E-state index contributed by atoms with van der Waals surface area (Å²) in [5, 5.41) is 0.517. The van der Waals surface area contributed by atoms with Crippen LogP contribution in [0.4, 0.5) is 0 Å². The lowest BCUT2D eigenvalue weighted by atomic mass is 10.1. The second kappa shape index (κ2) is 5.72. The predicted octanol–water partition coefficient (Wildman–Crippen LogP) is 1.76. The summed E-state index contributed by atoms with van der Waals surface area (Å²) >= 11 is 1.22. The molecule has 1 fully saturated rings. The first-order valence-corrected chi connectivity index (χ1v) is 8.56. The number of hydrogen-bond acceptors (Lipinski definition) is 5. The normalized spacial score (nSPS) is 16.0. The van der Waals surface area contributed by atoms with E-state index >= 15 is 0 Å². The summed E-state index contributed by atoms with van der Waals surface area (Å²) in [4.78, 5) is 38.3. The molecule has 1 aliphatic carbocycles. The smallest absolute Gasteiger partial charge is 0.332 e. The Balaban J connectivity index is 2.44. The van der Waals surface area contributed by atoms with Crippen molar-refractivity contribution in [1.82, 2.24) is 9.13 Å². The largest absolute Gasteiger partial charge is 0.383 e. The standard InChI is InChI=1S/C16H20N2O4S/c1-4-10-11(9-19)23-14-12(10)13(20)18(16(2)5-6-16)15(21)17(14)7-8-22-3/h9H,4-8H2,1-3H3. The lowest BCUT2D eigenvalue weighted by Crippen LogP contribution is -2.45. The van der Waals surface area contributed by atoms with E-state index in [0.29, 0.717) is 34.7 Å². The number of carbonyl (C=O) groups is 1. The van der Waals surface area contributed by atoms with Crippen molar-refractivity contribution in [3.05, 3.63) is 31.3 Å². The molecule has 6 nitrogen and oxygen atoms in total. The Hall–Kier alpha value is -1.73. The van der Waals surface area contributed by atoms with E-state index in [0.717, 1.165) is 24.7 Å². The highest BCUT2D eigenvalue weighted by Gasteiger charge is 2.43. The maximum atomic E-state index is 13.0. The Morgan fingerprint density at radius 3 is 2.57 bits per heavy atom. The average Bonchev–Trinajstić information content (AvgIpc) is 3.14. The Kier molecular flexibility index (Phi) is 4.01. The Morgan fingerprint density at radius 1 is 1.35 bits per heavy atom. The number of aldehydes is 1. The Labute approximate surface area is 137 Å². The van der Waals surface area contributed by atoms with Gasteiger partial charge in [-0.05, 0) is 31.7 Å². The molecule has 1 aliphatic rings. The molecule has 0 radical (unpaired) electrons. The summed E-state index contributed by atoms with van der Waals surface area (Å²) in [6.45, 7) is 4.59. The number of aromatic nitrogens is 2. The first-order valence-electron chi connectivity index (χ1n) is 7.74. The summed E-state index contributed by atoms with van der Waals surface area (Å²) in [5.74, 6) is 0. The number of methoxy groups -OCH3 is 1. The van der Waals surface area contributed by atoms with E-state index in [1.54, 1.807) is 11.7 Å². The van der Waals surface area contributed by atoms with Gasteiger partial charge in [0.05, 0.1) is 29.0 Å². The highest BCUT2D eigenvalue weighted by atomic mass is 32.1. The number of nitrogens with zero attached hydrogens (tertiary/aromatic N) is 2. The van der Waals surface area contributed by atoms with E-state index in [1.165, 1.54) is 15.9 Å². The van der Waals surface area contributed by atoms with Gasteiger partial charge < -0.3 is 4.74 Å². The van der Waals surface area contributed by atoms with Crippen molar-refractivity contribution in [3.8, 4) is 0 Å². The molecule has 0 saturated heterocycles. The zero-order chi connectivity index (χ0) is 16.8. The quantitative estimate of drug-likeness (QED) is 0.754. The number of aryl methyl sites for hydroxylation is 1. The van der Waals surface area contributed by atoms with E-state index in [-0.39, 0.29) is 11.2 Å². The van der Waals surface area contributed by atoms with Crippen LogP contribution in [0.15, 0.2) is 9.59 Å². The van der Waals surface area contributed by atoms with E-state index in [1.807, 2.05) is 13.8 Å². The molecule has 2 heterocycles. The molecule has 0 unspecified atom stereocenters. The van der Waals surface area contributed by atoms with Crippen molar-refractivity contribution in [2.24, 2.45) is 0 Å². The van der Waals surface area contributed by atoms with Gasteiger partial charge in [-0.25, -0.2) is 4.79 Å². The summed E-state index contributed by atoms with van der Waals surface area (Å²) in [6.07, 6.45) is 3.01. The molecule has 2 aromatic heterocycles. The molecule has 0 N–H and O–H groups in total. The Morgan fingerprint density at radius 2 is 2.04 bits per heavy atom. The van der Waals surface area contributed by atoms with E-state index in [2.05, 4.69) is 0 Å². The molecular weight excluding hydrogens is 316 g/mol. The fraction of sp³-hybridized carbons (Fsp3) is 0.562. The third kappa shape index (κ3) is 2.38. The number of ether oxygens (including phenoxy) is 1. The molecule has 23 heavy (non-hydrogen) atoms. The van der Waals surface area contributed by atoms with Gasteiger partial charge in [-0.3, -0.25) is 18.7 Å². The average molecular weight is 336 g/mol. The molecule has 1 saturated carbocycles. The second-order valence-electron chi connectivity index (χ2n) is 6.16. The van der Waals surface area contributed by atoms with Gasteiger partial charge in [0.2, 0.25) is 0 Å². The first-order chi connectivity index (χ1) is 11.0. The van der Waals surface area contributed by atoms with Crippen molar-refractivity contribution in [2.45, 2.75) is 45.2 Å². The molecule has 0 aliphatic heterocycles. The van der Waals surface area contributed by atoms with Gasteiger partial charge in [0.15, 0.2) is 6.29 Å². The predicted molar refractivity (Wildman–Crippen MR) is 89.9 cm³/mol. The fourth-order valence-electron chi connectivity index (χ4n) is 2.99. The van der Waals surface area contributed by atoms with E-state index in [9.17, 15) is 14.4 Å². The molecule has 7 heteroatoms. The summed E-state index contributed by atoms with van der Waals surface area (Å²) in [5.41, 5.74) is -0.221. The van der Waals surface area contributed by atoms with E-state index in [4.69, 9.17) is 4.74 Å². The lowest BCUT2D eigenvalue weighted by molar-refractivity contribution is 0.112. The molecule has 0 spiro atoms. The number of rotatable bonds is 6. The van der Waals surface area contributed by atoms with Gasteiger partial charge in [-0.15, -0.1) is 11.3 Å². The number of fused-ring (bicyclic) bond motifs is 1. The molecule has 124 valence electrons. The molecule has 0 aromatic carbocycles. The summed E-state index contributed by atoms with van der Waals surface area (Å²) in [6, 6.07) is 0. The van der Waals surface area contributed by atoms with Crippen molar-refractivity contribution >= 4 is 27.8 Å². The van der Waals surface area contributed by atoms with Crippen LogP contribution in [-0.4, -0.2) is 29.1 Å². The molecule has 2 aromatic rings. The van der Waals surface area contributed by atoms with Gasteiger partial charge in [0.1, 0.15) is 4.83 Å². The van der Waals surface area contributed by atoms with Crippen molar-refractivity contribution in [2.75, 3.05) is 13.7 Å². The third-order valence-electron chi connectivity index (χ3n) is 4.60. The van der Waals surface area contributed by atoms with Crippen LogP contribution in [0.25, 0.3) is 10.2 Å². The van der Waals surface area contributed by atoms with Crippen LogP contribution in [0.5, 0.6) is 0 Å². The minimum atomic E-state index is -0.397. The van der Waals surface area contributed by atoms with Gasteiger partial charge >= 0.3 is 5.69 Å². The highest BCUT2D eigenvalue weighted by Crippen LogP contribution is 2.41. The third-order valence-corrected chi connectivity index (χ3v) is 5.78. The zero-order valence-electron chi connectivity index (χ0n) is 13.5. The first kappa shape index (κ1) is 16.1. The van der Waals surface area contributed by atoms with Gasteiger partial charge in [0, 0.05) is 7.11 Å². The van der Waals surface area contributed by atoms with Crippen LogP contribution in [0, 0.1) is 0 Å². The fourth-order valence-corrected chi connectivity index (χ4v) is 4.21. The van der Waals surface area contributed by atoms with Crippen LogP contribution < -0.4 is 11.2 Å². The maximum absolute atomic E-state index is 13.0. The van der Waals surface area contributed by atoms with Gasteiger partial charge in [-0.2, -0.15) is 0 Å². The molecule has 0 amide bonds. The highest BCUT2D eigenvalue weighted by molar-refractivity contribution is 7.20.